The number of morpholine rings is 1. The number of carbonyl (C=O) groups is 1. The fourth-order valence-electron chi connectivity index (χ4n) is 2.44. The Bertz CT molecular complexity index is 550. The van der Waals surface area contributed by atoms with Gasteiger partial charge in [-0.25, -0.2) is 0 Å². The summed E-state index contributed by atoms with van der Waals surface area (Å²) in [7, 11) is 0. The summed E-state index contributed by atoms with van der Waals surface area (Å²) in [6, 6.07) is 7.08. The molecule has 1 saturated heterocycles. The number of carbonyl (C=O) groups excluding carboxylic acids is 1. The second kappa shape index (κ2) is 4.90. The molecule has 0 unspecified atom stereocenters. The number of fused-ring (bicyclic) bond motifs is 1. The molecule has 0 radical (unpaired) electrons. The second-order valence-corrected chi connectivity index (χ2v) is 4.64. The lowest BCUT2D eigenvalue weighted by atomic mass is 10.1. The van der Waals surface area contributed by atoms with E-state index in [0.29, 0.717) is 25.3 Å². The normalized spacial score (nSPS) is 21.4. The molecule has 1 atom stereocenters. The molecule has 19 heavy (non-hydrogen) atoms. The van der Waals surface area contributed by atoms with Gasteiger partial charge in [0.05, 0.1) is 25.9 Å². The van der Waals surface area contributed by atoms with E-state index in [1.165, 1.54) is 0 Å². The number of benzene rings is 1. The Kier molecular flexibility index (Phi) is 3.10. The highest BCUT2D eigenvalue weighted by atomic mass is 16.5. The van der Waals surface area contributed by atoms with Gasteiger partial charge in [-0.05, 0) is 23.8 Å². The predicted octanol–water partition coefficient (Wildman–Crippen LogP) is 0.986. The first-order valence-electron chi connectivity index (χ1n) is 6.33. The third kappa shape index (κ3) is 2.15. The summed E-state index contributed by atoms with van der Waals surface area (Å²) >= 11 is 0. The summed E-state index contributed by atoms with van der Waals surface area (Å²) in [5.41, 5.74) is 1.68. The van der Waals surface area contributed by atoms with Crippen molar-refractivity contribution in [2.75, 3.05) is 26.4 Å². The molecule has 0 N–H and O–H groups in total. The van der Waals surface area contributed by atoms with Gasteiger partial charge in [-0.3, -0.25) is 4.79 Å². The van der Waals surface area contributed by atoms with Crippen molar-refractivity contribution in [3.8, 4) is 11.8 Å². The Labute approximate surface area is 111 Å². The largest absolute Gasteiger partial charge is 0.493 e. The summed E-state index contributed by atoms with van der Waals surface area (Å²) in [6.45, 7) is 1.91. The van der Waals surface area contributed by atoms with Crippen LogP contribution in [0.2, 0.25) is 0 Å². The van der Waals surface area contributed by atoms with E-state index in [1.54, 1.807) is 11.0 Å². The minimum Gasteiger partial charge on any atom is -0.493 e. The molecule has 1 aromatic rings. The van der Waals surface area contributed by atoms with E-state index in [-0.39, 0.29) is 12.5 Å². The van der Waals surface area contributed by atoms with Crippen molar-refractivity contribution in [2.45, 2.75) is 12.5 Å². The van der Waals surface area contributed by atoms with Gasteiger partial charge in [-0.15, -0.1) is 0 Å². The molecule has 3 rings (SSSR count). The maximum absolute atomic E-state index is 12.4. The Morgan fingerprint density at radius 3 is 3.16 bits per heavy atom. The van der Waals surface area contributed by atoms with E-state index in [4.69, 9.17) is 14.7 Å². The highest BCUT2D eigenvalue weighted by Crippen LogP contribution is 2.26. The van der Waals surface area contributed by atoms with Crippen molar-refractivity contribution in [1.82, 2.24) is 4.90 Å². The van der Waals surface area contributed by atoms with Crippen molar-refractivity contribution in [2.24, 2.45) is 0 Å². The molecule has 98 valence electrons. The van der Waals surface area contributed by atoms with Gasteiger partial charge in [-0.2, -0.15) is 5.26 Å². The zero-order valence-electron chi connectivity index (χ0n) is 10.5. The van der Waals surface area contributed by atoms with E-state index in [1.807, 2.05) is 12.1 Å². The number of rotatable bonds is 1. The first-order chi connectivity index (χ1) is 9.29. The number of nitrogens with zero attached hydrogens (tertiary/aromatic N) is 2. The lowest BCUT2D eigenvalue weighted by Crippen LogP contribution is -2.47. The van der Waals surface area contributed by atoms with Crippen LogP contribution in [0.3, 0.4) is 0 Å². The first-order valence-corrected chi connectivity index (χ1v) is 6.33. The average Bonchev–Trinajstić information content (AvgIpc) is 2.93. The Hall–Kier alpha value is -2.06. The van der Waals surface area contributed by atoms with Crippen LogP contribution in [0.4, 0.5) is 0 Å². The fraction of sp³-hybridized carbons (Fsp3) is 0.429. The Balaban J connectivity index is 1.85. The minimum absolute atomic E-state index is 0.107. The van der Waals surface area contributed by atoms with E-state index < -0.39 is 6.04 Å². The van der Waals surface area contributed by atoms with E-state index in [2.05, 4.69) is 6.07 Å². The number of ether oxygens (including phenoxy) is 2. The number of amides is 1. The van der Waals surface area contributed by atoms with Gasteiger partial charge in [0.15, 0.2) is 0 Å². The minimum atomic E-state index is -0.495. The summed E-state index contributed by atoms with van der Waals surface area (Å²) < 4.78 is 10.7. The first kappa shape index (κ1) is 12.0. The van der Waals surface area contributed by atoms with Gasteiger partial charge < -0.3 is 14.4 Å². The number of hydrogen-bond acceptors (Lipinski definition) is 4. The fourth-order valence-corrected chi connectivity index (χ4v) is 2.44. The van der Waals surface area contributed by atoms with E-state index >= 15 is 0 Å². The lowest BCUT2D eigenvalue weighted by molar-refractivity contribution is 0.0132. The smallest absolute Gasteiger partial charge is 0.255 e. The Morgan fingerprint density at radius 2 is 2.32 bits per heavy atom. The lowest BCUT2D eigenvalue weighted by Gasteiger charge is -2.31. The van der Waals surface area contributed by atoms with Gasteiger partial charge in [-0.1, -0.05) is 0 Å². The van der Waals surface area contributed by atoms with Gasteiger partial charge in [0.25, 0.3) is 5.91 Å². The number of hydrogen-bond donors (Lipinski definition) is 0. The van der Waals surface area contributed by atoms with Crippen LogP contribution in [-0.4, -0.2) is 43.2 Å². The third-order valence-corrected chi connectivity index (χ3v) is 3.47. The molecule has 0 bridgehead atoms. The van der Waals surface area contributed by atoms with Gasteiger partial charge in [0.1, 0.15) is 11.8 Å². The third-order valence-electron chi connectivity index (χ3n) is 3.47. The molecule has 5 nitrogen and oxygen atoms in total. The van der Waals surface area contributed by atoms with Crippen LogP contribution in [0.15, 0.2) is 18.2 Å². The van der Waals surface area contributed by atoms with Crippen molar-refractivity contribution < 1.29 is 14.3 Å². The summed E-state index contributed by atoms with van der Waals surface area (Å²) in [5.74, 6) is 0.750. The van der Waals surface area contributed by atoms with Crippen LogP contribution < -0.4 is 4.74 Å². The van der Waals surface area contributed by atoms with Crippen molar-refractivity contribution >= 4 is 5.91 Å². The van der Waals surface area contributed by atoms with Crippen LogP contribution in [0, 0.1) is 11.3 Å². The van der Waals surface area contributed by atoms with Gasteiger partial charge in [0.2, 0.25) is 0 Å². The molecular formula is C14H14N2O3. The molecule has 0 aliphatic carbocycles. The van der Waals surface area contributed by atoms with Crippen LogP contribution in [0.1, 0.15) is 15.9 Å². The second-order valence-electron chi connectivity index (χ2n) is 4.64. The molecule has 2 aliphatic heterocycles. The molecule has 2 heterocycles. The molecule has 0 saturated carbocycles. The zero-order valence-corrected chi connectivity index (χ0v) is 10.5. The topological polar surface area (TPSA) is 62.6 Å². The van der Waals surface area contributed by atoms with Gasteiger partial charge >= 0.3 is 0 Å². The van der Waals surface area contributed by atoms with E-state index in [9.17, 15) is 4.79 Å². The number of nitriles is 1. The highest BCUT2D eigenvalue weighted by Gasteiger charge is 2.28. The van der Waals surface area contributed by atoms with Crippen LogP contribution in [0.25, 0.3) is 0 Å². The molecule has 0 spiro atoms. The quantitative estimate of drug-likeness (QED) is 0.753. The molecule has 0 aromatic heterocycles. The molecule has 1 fully saturated rings. The highest BCUT2D eigenvalue weighted by molar-refractivity contribution is 5.95. The van der Waals surface area contributed by atoms with Crippen molar-refractivity contribution in [3.63, 3.8) is 0 Å². The predicted molar refractivity (Wildman–Crippen MR) is 66.9 cm³/mol. The van der Waals surface area contributed by atoms with E-state index in [0.717, 1.165) is 17.7 Å². The van der Waals surface area contributed by atoms with Crippen LogP contribution in [-0.2, 0) is 11.2 Å². The Morgan fingerprint density at radius 1 is 1.42 bits per heavy atom. The van der Waals surface area contributed by atoms with Gasteiger partial charge in [0, 0.05) is 18.5 Å². The SMILES string of the molecule is N#C[C@H]1COCCN1C(=O)c1ccc2c(c1)CCO2. The van der Waals surface area contributed by atoms with Crippen LogP contribution >= 0.6 is 0 Å². The molecule has 2 aliphatic rings. The van der Waals surface area contributed by atoms with Crippen molar-refractivity contribution in [3.05, 3.63) is 29.3 Å². The van der Waals surface area contributed by atoms with Crippen LogP contribution in [0.5, 0.6) is 5.75 Å². The standard InChI is InChI=1S/C14H14N2O3/c15-8-12-9-18-6-4-16(12)14(17)11-1-2-13-10(7-11)3-5-19-13/h1-2,7,12H,3-6,9H2/t12-/m0/s1. The molecular weight excluding hydrogens is 244 g/mol. The summed E-state index contributed by atoms with van der Waals surface area (Å²) in [4.78, 5) is 14.0. The molecule has 1 amide bonds. The summed E-state index contributed by atoms with van der Waals surface area (Å²) in [6.07, 6.45) is 0.835. The van der Waals surface area contributed by atoms with Crippen molar-refractivity contribution in [1.29, 1.82) is 5.26 Å². The monoisotopic (exact) mass is 258 g/mol. The zero-order chi connectivity index (χ0) is 13.2. The molecule has 1 aromatic carbocycles. The summed E-state index contributed by atoms with van der Waals surface area (Å²) in [5, 5.41) is 9.07. The maximum atomic E-state index is 12.4. The maximum Gasteiger partial charge on any atom is 0.255 e. The molecule has 5 heteroatoms. The average molecular weight is 258 g/mol.